The van der Waals surface area contributed by atoms with Gasteiger partial charge in [0.2, 0.25) is 17.7 Å². The van der Waals surface area contributed by atoms with Crippen LogP contribution >= 0.6 is 0 Å². The first-order chi connectivity index (χ1) is 14.9. The van der Waals surface area contributed by atoms with Crippen molar-refractivity contribution < 1.29 is 14.3 Å². The van der Waals surface area contributed by atoms with Crippen molar-refractivity contribution in [2.45, 2.75) is 26.7 Å². The van der Waals surface area contributed by atoms with E-state index in [9.17, 15) is 9.59 Å². The number of hydrogen-bond donors (Lipinski definition) is 2. The zero-order chi connectivity index (χ0) is 21.8. The number of amides is 2. The quantitative estimate of drug-likeness (QED) is 0.567. The maximum absolute atomic E-state index is 12.2. The lowest BCUT2D eigenvalue weighted by atomic mass is 10.1. The van der Waals surface area contributed by atoms with Gasteiger partial charge in [-0.05, 0) is 47.7 Å². The van der Waals surface area contributed by atoms with Gasteiger partial charge >= 0.3 is 0 Å². The van der Waals surface area contributed by atoms with Crippen LogP contribution in [0.5, 0.6) is 11.6 Å². The van der Waals surface area contributed by atoms with Crippen LogP contribution in [0.2, 0.25) is 0 Å². The molecular formula is C25H25N3O3. The Kier molecular flexibility index (Phi) is 5.71. The van der Waals surface area contributed by atoms with Crippen LogP contribution in [-0.4, -0.2) is 16.8 Å². The van der Waals surface area contributed by atoms with E-state index in [1.807, 2.05) is 30.3 Å². The Morgan fingerprint density at radius 2 is 1.65 bits per heavy atom. The SMILES string of the molecule is CC1(C)CC1C(=O)Nc1ccc(Oc2ccc(NC(=O)Cc3ccccc3)cc2)nc1. The summed E-state index contributed by atoms with van der Waals surface area (Å²) in [6.07, 6.45) is 2.82. The highest BCUT2D eigenvalue weighted by atomic mass is 16.5. The van der Waals surface area contributed by atoms with Gasteiger partial charge in [0, 0.05) is 17.7 Å². The second-order valence-corrected chi connectivity index (χ2v) is 8.46. The highest BCUT2D eigenvalue weighted by Gasteiger charge is 2.50. The lowest BCUT2D eigenvalue weighted by molar-refractivity contribution is -0.118. The maximum atomic E-state index is 12.2. The molecule has 6 nitrogen and oxygen atoms in total. The monoisotopic (exact) mass is 415 g/mol. The zero-order valence-corrected chi connectivity index (χ0v) is 17.6. The third-order valence-electron chi connectivity index (χ3n) is 5.40. The van der Waals surface area contributed by atoms with Crippen LogP contribution in [-0.2, 0) is 16.0 Å². The fourth-order valence-electron chi connectivity index (χ4n) is 3.37. The molecule has 0 spiro atoms. The van der Waals surface area contributed by atoms with Gasteiger partial charge in [-0.2, -0.15) is 0 Å². The molecule has 1 aliphatic rings. The van der Waals surface area contributed by atoms with E-state index in [-0.39, 0.29) is 23.1 Å². The van der Waals surface area contributed by atoms with E-state index in [1.165, 1.54) is 0 Å². The number of hydrogen-bond acceptors (Lipinski definition) is 4. The number of nitrogens with one attached hydrogen (secondary N) is 2. The summed E-state index contributed by atoms with van der Waals surface area (Å²) in [7, 11) is 0. The molecule has 2 N–H and O–H groups in total. The molecule has 2 amide bonds. The van der Waals surface area contributed by atoms with Gasteiger partial charge in [-0.25, -0.2) is 4.98 Å². The Balaban J connectivity index is 1.28. The summed E-state index contributed by atoms with van der Waals surface area (Å²) in [5, 5.41) is 5.77. The number of ether oxygens (including phenoxy) is 1. The Morgan fingerprint density at radius 3 is 2.26 bits per heavy atom. The van der Waals surface area contributed by atoms with Gasteiger partial charge in [0.25, 0.3) is 0 Å². The summed E-state index contributed by atoms with van der Waals surface area (Å²) >= 11 is 0. The van der Waals surface area contributed by atoms with Gasteiger partial charge in [-0.3, -0.25) is 9.59 Å². The molecule has 4 rings (SSSR count). The summed E-state index contributed by atoms with van der Waals surface area (Å²) in [5.41, 5.74) is 2.40. The molecule has 1 unspecified atom stereocenters. The number of aromatic nitrogens is 1. The van der Waals surface area contributed by atoms with Gasteiger partial charge in [0.05, 0.1) is 18.3 Å². The van der Waals surface area contributed by atoms with E-state index in [0.29, 0.717) is 29.4 Å². The highest BCUT2D eigenvalue weighted by molar-refractivity contribution is 5.95. The number of carbonyl (C=O) groups is 2. The second kappa shape index (κ2) is 8.60. The van der Waals surface area contributed by atoms with Crippen LogP contribution in [0.15, 0.2) is 72.9 Å². The summed E-state index contributed by atoms with van der Waals surface area (Å²) in [6.45, 7) is 4.18. The van der Waals surface area contributed by atoms with Crippen molar-refractivity contribution in [3.63, 3.8) is 0 Å². The van der Waals surface area contributed by atoms with Crippen molar-refractivity contribution in [1.29, 1.82) is 0 Å². The van der Waals surface area contributed by atoms with Crippen molar-refractivity contribution >= 4 is 23.2 Å². The molecule has 6 heteroatoms. The fourth-order valence-corrected chi connectivity index (χ4v) is 3.37. The lowest BCUT2D eigenvalue weighted by Gasteiger charge is -2.09. The zero-order valence-electron chi connectivity index (χ0n) is 17.6. The Bertz CT molecular complexity index is 1060. The molecule has 0 bridgehead atoms. The first kappa shape index (κ1) is 20.6. The minimum absolute atomic E-state index is 0.0327. The predicted octanol–water partition coefficient (Wildman–Crippen LogP) is 5.04. The van der Waals surface area contributed by atoms with Gasteiger partial charge in [-0.15, -0.1) is 0 Å². The first-order valence-electron chi connectivity index (χ1n) is 10.3. The number of carbonyl (C=O) groups excluding carboxylic acids is 2. The molecule has 0 radical (unpaired) electrons. The smallest absolute Gasteiger partial charge is 0.228 e. The molecular weight excluding hydrogens is 390 g/mol. The average molecular weight is 415 g/mol. The molecule has 1 fully saturated rings. The van der Waals surface area contributed by atoms with Gasteiger partial charge in [0.1, 0.15) is 5.75 Å². The van der Waals surface area contributed by atoms with Gasteiger partial charge < -0.3 is 15.4 Å². The summed E-state index contributed by atoms with van der Waals surface area (Å²) in [6, 6.07) is 20.2. The van der Waals surface area contributed by atoms with Crippen molar-refractivity contribution in [3.8, 4) is 11.6 Å². The van der Waals surface area contributed by atoms with Crippen molar-refractivity contribution in [2.24, 2.45) is 11.3 Å². The molecule has 1 saturated carbocycles. The van der Waals surface area contributed by atoms with Gasteiger partial charge in [-0.1, -0.05) is 44.2 Å². The van der Waals surface area contributed by atoms with Crippen molar-refractivity contribution in [3.05, 3.63) is 78.5 Å². The van der Waals surface area contributed by atoms with E-state index in [0.717, 1.165) is 12.0 Å². The summed E-state index contributed by atoms with van der Waals surface area (Å²) < 4.78 is 5.75. The van der Waals surface area contributed by atoms with Gasteiger partial charge in [0.15, 0.2) is 0 Å². The highest BCUT2D eigenvalue weighted by Crippen LogP contribution is 2.51. The third-order valence-corrected chi connectivity index (χ3v) is 5.40. The Labute approximate surface area is 181 Å². The molecule has 1 heterocycles. The van der Waals surface area contributed by atoms with Crippen LogP contribution in [0.4, 0.5) is 11.4 Å². The third kappa shape index (κ3) is 5.48. The number of pyridine rings is 1. The standard InChI is InChI=1S/C25H25N3O3/c1-25(2)15-21(25)24(30)28-19-10-13-23(26-16-19)31-20-11-8-18(9-12-20)27-22(29)14-17-6-4-3-5-7-17/h3-13,16,21H,14-15H2,1-2H3,(H,27,29)(H,28,30). The van der Waals surface area contributed by atoms with E-state index >= 15 is 0 Å². The first-order valence-corrected chi connectivity index (χ1v) is 10.3. The van der Waals surface area contributed by atoms with Crippen LogP contribution in [0, 0.1) is 11.3 Å². The van der Waals surface area contributed by atoms with E-state index < -0.39 is 0 Å². The lowest BCUT2D eigenvalue weighted by Crippen LogP contribution is -2.16. The summed E-state index contributed by atoms with van der Waals surface area (Å²) in [5.74, 6) is 1.05. The molecule has 158 valence electrons. The minimum atomic E-state index is -0.0752. The van der Waals surface area contributed by atoms with E-state index in [2.05, 4.69) is 29.5 Å². The number of nitrogens with zero attached hydrogens (tertiary/aromatic N) is 1. The van der Waals surface area contributed by atoms with Crippen LogP contribution in [0.3, 0.4) is 0 Å². The van der Waals surface area contributed by atoms with Crippen LogP contribution < -0.4 is 15.4 Å². The number of benzene rings is 2. The molecule has 0 saturated heterocycles. The Morgan fingerprint density at radius 1 is 0.968 bits per heavy atom. The molecule has 1 aromatic heterocycles. The summed E-state index contributed by atoms with van der Waals surface area (Å²) in [4.78, 5) is 28.6. The molecule has 31 heavy (non-hydrogen) atoms. The van der Waals surface area contributed by atoms with E-state index in [4.69, 9.17) is 4.74 Å². The van der Waals surface area contributed by atoms with E-state index in [1.54, 1.807) is 42.6 Å². The Hall–Kier alpha value is -3.67. The molecule has 1 atom stereocenters. The van der Waals surface area contributed by atoms with Crippen molar-refractivity contribution in [2.75, 3.05) is 10.6 Å². The molecule has 0 aliphatic heterocycles. The maximum Gasteiger partial charge on any atom is 0.228 e. The fraction of sp³-hybridized carbons (Fsp3) is 0.240. The van der Waals surface area contributed by atoms with Crippen molar-refractivity contribution in [1.82, 2.24) is 4.98 Å². The second-order valence-electron chi connectivity index (χ2n) is 8.46. The minimum Gasteiger partial charge on any atom is -0.439 e. The normalized spacial score (nSPS) is 16.3. The molecule has 1 aliphatic carbocycles. The largest absolute Gasteiger partial charge is 0.439 e. The predicted molar refractivity (Wildman–Crippen MR) is 120 cm³/mol. The number of rotatable bonds is 7. The molecule has 3 aromatic rings. The van der Waals surface area contributed by atoms with Crippen LogP contribution in [0.1, 0.15) is 25.8 Å². The van der Waals surface area contributed by atoms with Crippen LogP contribution in [0.25, 0.3) is 0 Å². The average Bonchev–Trinajstić information content (AvgIpc) is 3.40. The number of anilines is 2. The molecule has 2 aromatic carbocycles. The topological polar surface area (TPSA) is 80.3 Å².